The second-order valence-electron chi connectivity index (χ2n) is 6.94. The molecule has 12 nitrogen and oxygen atoms in total. The molecular formula is C16H28N2O10. The molecule has 7 N–H and O–H groups in total. The van der Waals surface area contributed by atoms with E-state index in [1.165, 1.54) is 13.8 Å². The summed E-state index contributed by atoms with van der Waals surface area (Å²) in [6, 6.07) is -2.15. The molecular weight excluding hydrogens is 380 g/mol. The molecule has 12 heteroatoms. The fraction of sp³-hybridized carbons (Fsp3) is 0.875. The van der Waals surface area contributed by atoms with Crippen molar-refractivity contribution >= 4 is 11.8 Å². The highest BCUT2D eigenvalue weighted by atomic mass is 16.7. The number of aliphatic hydroxyl groups excluding tert-OH is 5. The summed E-state index contributed by atoms with van der Waals surface area (Å²) in [5.41, 5.74) is 0. The van der Waals surface area contributed by atoms with Gasteiger partial charge in [-0.15, -0.1) is 0 Å². The Morgan fingerprint density at radius 1 is 1.00 bits per heavy atom. The van der Waals surface area contributed by atoms with Crippen molar-refractivity contribution in [3.05, 3.63) is 0 Å². The predicted molar refractivity (Wildman–Crippen MR) is 90.4 cm³/mol. The lowest BCUT2D eigenvalue weighted by atomic mass is 9.97. The second kappa shape index (κ2) is 9.89. The van der Waals surface area contributed by atoms with Crippen molar-refractivity contribution in [1.29, 1.82) is 0 Å². The Labute approximate surface area is 161 Å². The molecule has 162 valence electrons. The minimum absolute atomic E-state index is 0.0830. The lowest BCUT2D eigenvalue weighted by Gasteiger charge is -2.42. The number of rotatable bonds is 6. The number of hydrogen-bond acceptors (Lipinski definition) is 10. The molecule has 0 radical (unpaired) electrons. The van der Waals surface area contributed by atoms with Crippen molar-refractivity contribution in [2.24, 2.45) is 0 Å². The van der Waals surface area contributed by atoms with Gasteiger partial charge in [0.1, 0.15) is 30.4 Å². The van der Waals surface area contributed by atoms with Crippen LogP contribution >= 0.6 is 0 Å². The summed E-state index contributed by atoms with van der Waals surface area (Å²) in [7, 11) is 0. The number of nitrogens with one attached hydrogen (secondary N) is 2. The summed E-state index contributed by atoms with van der Waals surface area (Å²) in [5, 5.41) is 54.6. The molecule has 9 atom stereocenters. The summed E-state index contributed by atoms with van der Waals surface area (Å²) in [5.74, 6) is -0.951. The first kappa shape index (κ1) is 22.9. The Hall–Kier alpha value is -1.38. The normalized spacial score (nSPS) is 41.3. The minimum Gasteiger partial charge on any atom is -0.394 e. The Kier molecular flexibility index (Phi) is 8.09. The number of amides is 2. The summed E-state index contributed by atoms with van der Waals surface area (Å²) >= 11 is 0. The van der Waals surface area contributed by atoms with Gasteiger partial charge < -0.3 is 50.4 Å². The van der Waals surface area contributed by atoms with Crippen LogP contribution in [0.4, 0.5) is 0 Å². The van der Waals surface area contributed by atoms with Crippen LogP contribution in [0.15, 0.2) is 0 Å². The average Bonchev–Trinajstić information content (AvgIpc) is 2.62. The fourth-order valence-corrected chi connectivity index (χ4v) is 3.25. The van der Waals surface area contributed by atoms with Crippen molar-refractivity contribution < 1.29 is 49.3 Å². The third-order valence-corrected chi connectivity index (χ3v) is 4.63. The van der Waals surface area contributed by atoms with E-state index in [4.69, 9.17) is 14.2 Å². The van der Waals surface area contributed by atoms with Crippen molar-refractivity contribution in [3.8, 4) is 0 Å². The van der Waals surface area contributed by atoms with E-state index < -0.39 is 67.0 Å². The van der Waals surface area contributed by atoms with Crippen LogP contribution < -0.4 is 10.6 Å². The maximum absolute atomic E-state index is 11.4. The molecule has 28 heavy (non-hydrogen) atoms. The van der Waals surface area contributed by atoms with Gasteiger partial charge in [0.2, 0.25) is 11.8 Å². The van der Waals surface area contributed by atoms with Crippen molar-refractivity contribution in [3.63, 3.8) is 0 Å². The van der Waals surface area contributed by atoms with Crippen LogP contribution in [0.3, 0.4) is 0 Å². The molecule has 2 saturated heterocycles. The molecule has 2 aliphatic rings. The zero-order chi connectivity index (χ0) is 21.0. The molecule has 0 bridgehead atoms. The van der Waals surface area contributed by atoms with Gasteiger partial charge in [-0.05, 0) is 0 Å². The Morgan fingerprint density at radius 3 is 2.18 bits per heavy atom. The Morgan fingerprint density at radius 2 is 1.61 bits per heavy atom. The van der Waals surface area contributed by atoms with Gasteiger partial charge in [0, 0.05) is 20.3 Å². The van der Waals surface area contributed by atoms with Crippen LogP contribution in [-0.4, -0.2) is 106 Å². The van der Waals surface area contributed by atoms with Crippen LogP contribution in [-0.2, 0) is 23.8 Å². The lowest BCUT2D eigenvalue weighted by Crippen LogP contribution is -2.64. The second-order valence-corrected chi connectivity index (χ2v) is 6.94. The van der Waals surface area contributed by atoms with Crippen LogP contribution in [0.1, 0.15) is 20.3 Å². The first-order valence-electron chi connectivity index (χ1n) is 8.93. The highest BCUT2D eigenvalue weighted by molar-refractivity contribution is 5.73. The van der Waals surface area contributed by atoms with Gasteiger partial charge in [-0.1, -0.05) is 0 Å². The van der Waals surface area contributed by atoms with Crippen molar-refractivity contribution in [1.82, 2.24) is 10.6 Å². The molecule has 2 rings (SSSR count). The predicted octanol–water partition coefficient (Wildman–Crippen LogP) is -4.08. The van der Waals surface area contributed by atoms with Crippen LogP contribution in [0.25, 0.3) is 0 Å². The molecule has 0 spiro atoms. The monoisotopic (exact) mass is 408 g/mol. The fourth-order valence-electron chi connectivity index (χ4n) is 3.25. The quantitative estimate of drug-likeness (QED) is 0.228. The molecule has 1 unspecified atom stereocenters. The molecule has 0 aromatic heterocycles. The third-order valence-electron chi connectivity index (χ3n) is 4.63. The highest BCUT2D eigenvalue weighted by Gasteiger charge is 2.46. The average molecular weight is 408 g/mol. The van der Waals surface area contributed by atoms with E-state index in [0.29, 0.717) is 0 Å². The van der Waals surface area contributed by atoms with Gasteiger partial charge in [-0.2, -0.15) is 0 Å². The number of carbonyl (C=O) groups excluding carboxylic acids is 2. The molecule has 2 aliphatic heterocycles. The maximum atomic E-state index is 11.4. The standard InChI is InChI=1S/C16H28N2O10/c1-6(20)17-11-9(22)3-8(4-19)27-16(11)26-5-10-13(23)14(24)12(15(25)28-10)18-7(2)21/h8-16,19,22-25H,3-5H2,1-2H3,(H,17,20)(H,18,21)/t8-,9-,10+,11+,12+,13+,14+,15?,16+/m0/s1. The van der Waals surface area contributed by atoms with E-state index in [2.05, 4.69) is 10.6 Å². The van der Waals surface area contributed by atoms with Gasteiger partial charge in [-0.3, -0.25) is 9.59 Å². The summed E-state index contributed by atoms with van der Waals surface area (Å²) < 4.78 is 16.2. The smallest absolute Gasteiger partial charge is 0.217 e. The van der Waals surface area contributed by atoms with E-state index >= 15 is 0 Å². The summed E-state index contributed by atoms with van der Waals surface area (Å²) in [6.07, 6.45) is -8.63. The minimum atomic E-state index is -1.59. The van der Waals surface area contributed by atoms with Gasteiger partial charge >= 0.3 is 0 Å². The SMILES string of the molecule is CC(=O)N[C@H]1[C@H](OC[C@H]2OC(O)[C@H](NC(C)=O)[C@@H](O)[C@@H]2O)O[C@H](CO)C[C@@H]1O. The van der Waals surface area contributed by atoms with E-state index in [1.807, 2.05) is 0 Å². The van der Waals surface area contributed by atoms with E-state index in [9.17, 15) is 35.1 Å². The third kappa shape index (κ3) is 5.58. The number of ether oxygens (including phenoxy) is 3. The van der Waals surface area contributed by atoms with Gasteiger partial charge in [0.15, 0.2) is 12.6 Å². The van der Waals surface area contributed by atoms with Gasteiger partial charge in [0.25, 0.3) is 0 Å². The molecule has 0 aliphatic carbocycles. The Balaban J connectivity index is 2.01. The van der Waals surface area contributed by atoms with Gasteiger partial charge in [-0.25, -0.2) is 0 Å². The Bertz CT molecular complexity index is 550. The summed E-state index contributed by atoms with van der Waals surface area (Å²) in [4.78, 5) is 22.5. The van der Waals surface area contributed by atoms with E-state index in [1.54, 1.807) is 0 Å². The van der Waals surface area contributed by atoms with Gasteiger partial charge in [0.05, 0.1) is 25.4 Å². The van der Waals surface area contributed by atoms with Crippen molar-refractivity contribution in [2.75, 3.05) is 13.2 Å². The number of aliphatic hydroxyl groups is 5. The highest BCUT2D eigenvalue weighted by Crippen LogP contribution is 2.24. The number of hydrogen-bond donors (Lipinski definition) is 7. The summed E-state index contributed by atoms with van der Waals surface area (Å²) in [6.45, 7) is 1.70. The first-order valence-corrected chi connectivity index (χ1v) is 8.93. The topological polar surface area (TPSA) is 187 Å². The maximum Gasteiger partial charge on any atom is 0.217 e. The first-order chi connectivity index (χ1) is 13.1. The van der Waals surface area contributed by atoms with Crippen LogP contribution in [0, 0.1) is 0 Å². The zero-order valence-corrected chi connectivity index (χ0v) is 15.6. The molecule has 2 amide bonds. The van der Waals surface area contributed by atoms with E-state index in [-0.39, 0.29) is 19.6 Å². The lowest BCUT2D eigenvalue weighted by molar-refractivity contribution is -0.285. The molecule has 0 saturated carbocycles. The van der Waals surface area contributed by atoms with E-state index in [0.717, 1.165) is 0 Å². The van der Waals surface area contributed by atoms with Crippen molar-refractivity contribution in [2.45, 2.75) is 75.5 Å². The van der Waals surface area contributed by atoms with Crippen LogP contribution in [0.2, 0.25) is 0 Å². The molecule has 2 heterocycles. The zero-order valence-electron chi connectivity index (χ0n) is 15.6. The molecule has 2 fully saturated rings. The largest absolute Gasteiger partial charge is 0.394 e. The van der Waals surface area contributed by atoms with Crippen LogP contribution in [0.5, 0.6) is 0 Å². The molecule has 0 aromatic carbocycles. The number of carbonyl (C=O) groups is 2. The molecule has 0 aromatic rings.